The smallest absolute Gasteiger partial charge is 0.147 e. The van der Waals surface area contributed by atoms with Gasteiger partial charge in [-0.2, -0.15) is 0 Å². The average Bonchev–Trinajstić information content (AvgIpc) is 0.717. The molecule has 24 rings (SSSR count). The summed E-state index contributed by atoms with van der Waals surface area (Å²) < 4.78 is 67.8. The van der Waals surface area contributed by atoms with Crippen LogP contribution in [-0.4, -0.2) is 0 Å². The molecule has 0 spiro atoms. The topological polar surface area (TPSA) is 13.0 Å². The Morgan fingerprint density at radius 3 is 0.507 bits per heavy atom. The van der Waals surface area contributed by atoms with Crippen molar-refractivity contribution in [1.29, 1.82) is 0 Å². The van der Waals surface area contributed by atoms with Crippen LogP contribution in [0.4, 0.5) is 85.8 Å². The molecule has 0 N–H and O–H groups in total. The van der Waals surface area contributed by atoms with E-state index < -0.39 is 0 Å². The molecule has 716 valence electrons. The Kier molecular flexibility index (Phi) is 24.6. The lowest BCUT2D eigenvalue weighted by Crippen LogP contribution is -2.14. The second kappa shape index (κ2) is 38.8. The van der Waals surface area contributed by atoms with E-state index in [2.05, 4.69) is 439 Å². The minimum Gasteiger partial charge on any atom is -0.307 e. The maximum absolute atomic E-state index is 17.0. The van der Waals surface area contributed by atoms with Crippen LogP contribution < -0.4 is 19.6 Å². The van der Waals surface area contributed by atoms with Crippen molar-refractivity contribution in [1.82, 2.24) is 0 Å². The van der Waals surface area contributed by atoms with Gasteiger partial charge < -0.3 is 19.6 Å². The third kappa shape index (κ3) is 18.2. The highest BCUT2D eigenvalue weighted by molar-refractivity contribution is 6.30. The van der Waals surface area contributed by atoms with Crippen LogP contribution in [0.1, 0.15) is 66.8 Å². The van der Waals surface area contributed by atoms with Crippen molar-refractivity contribution in [3.05, 3.63) is 527 Å². The summed E-state index contributed by atoms with van der Waals surface area (Å²) in [5.74, 6) is -1.28. The van der Waals surface area contributed by atoms with Gasteiger partial charge in [0.25, 0.3) is 0 Å². The zero-order chi connectivity index (χ0) is 102. The van der Waals surface area contributed by atoms with Crippen LogP contribution in [0.3, 0.4) is 0 Å². The van der Waals surface area contributed by atoms with Crippen LogP contribution in [0.2, 0.25) is 0 Å². The van der Waals surface area contributed by atoms with Crippen LogP contribution in [0, 0.1) is 106 Å². The molecular weight excluding hydrogens is 1810 g/mol. The molecule has 0 bridgehead atoms. The van der Waals surface area contributed by atoms with Crippen molar-refractivity contribution >= 4 is 133 Å². The van der Waals surface area contributed by atoms with Gasteiger partial charge in [-0.1, -0.05) is 336 Å². The number of benzene rings is 24. The van der Waals surface area contributed by atoms with Crippen molar-refractivity contribution < 1.29 is 17.6 Å². The Labute approximate surface area is 863 Å². The molecule has 0 aromatic heterocycles. The van der Waals surface area contributed by atoms with Gasteiger partial charge in [0.2, 0.25) is 0 Å². The lowest BCUT2D eigenvalue weighted by Gasteiger charge is -2.30. The molecule has 8 heteroatoms. The summed E-state index contributed by atoms with van der Waals surface area (Å²) in [5, 5.41) is 12.2. The van der Waals surface area contributed by atoms with Crippen molar-refractivity contribution in [3.63, 3.8) is 0 Å². The number of hydrogen-bond acceptors (Lipinski definition) is 4. The van der Waals surface area contributed by atoms with E-state index in [4.69, 9.17) is 0 Å². The molecule has 4 nitrogen and oxygen atoms in total. The van der Waals surface area contributed by atoms with Gasteiger partial charge in [-0.05, 0) is 383 Å². The van der Waals surface area contributed by atoms with Gasteiger partial charge in [0.15, 0.2) is 0 Å². The first kappa shape index (κ1) is 93.9. The van der Waals surface area contributed by atoms with E-state index in [-0.39, 0.29) is 23.3 Å². The van der Waals surface area contributed by atoms with Crippen LogP contribution in [0.25, 0.3) is 154 Å². The zero-order valence-corrected chi connectivity index (χ0v) is 84.9. The lowest BCUT2D eigenvalue weighted by atomic mass is 9.91. The summed E-state index contributed by atoms with van der Waals surface area (Å²) in [4.78, 5) is 8.40. The first-order valence-electron chi connectivity index (χ1n) is 50.7. The van der Waals surface area contributed by atoms with Gasteiger partial charge in [0.1, 0.15) is 23.3 Å². The molecular formula is C140H108F4N4. The Balaban J connectivity index is 0.000000163. The van der Waals surface area contributed by atoms with Crippen LogP contribution in [0.5, 0.6) is 0 Å². The maximum Gasteiger partial charge on any atom is 0.147 e. The number of nitrogens with zero attached hydrogens (tertiary/aromatic N) is 4. The predicted octanol–water partition coefficient (Wildman–Crippen LogP) is 40.6. The molecule has 0 saturated heterocycles. The molecule has 0 aliphatic carbocycles. The molecule has 0 heterocycles. The van der Waals surface area contributed by atoms with Crippen LogP contribution in [0.15, 0.2) is 437 Å². The van der Waals surface area contributed by atoms with Crippen LogP contribution in [-0.2, 0) is 0 Å². The van der Waals surface area contributed by atoms with E-state index in [1.54, 1.807) is 24.3 Å². The molecule has 24 aromatic carbocycles. The van der Waals surface area contributed by atoms with E-state index in [0.717, 1.165) is 266 Å². The molecule has 0 atom stereocenters. The number of aryl methyl sites for hydroxylation is 12. The van der Waals surface area contributed by atoms with E-state index in [1.807, 2.05) is 76.2 Å². The molecule has 0 amide bonds. The SMILES string of the molecule is Cc1cccc(-c2cc(-c3cccc(C)c3)cc(N(c3cc(C)ccc3F)c3ccc4ccc5c(N(c6cc(-c7cccc(C)c7)cc(-c7cccc(C)c7)c6)c6cc(C)ccc6F)ccc6ccc3c4c65)c2)c1.Cc1cccc(-c2cc(-c3cccc(C)c3)cc(N(c3ccc(C)cc3F)c3ccc4ccc5c(N(c6cc(-c7cccc(C)c7)cc(-c7cccc(C)c7)c6)c6ccc(C)cc6F)ccc6ccc3c4c65)c2)c1. The number of hydrogen-bond donors (Lipinski definition) is 0. The molecule has 0 aliphatic heterocycles. The van der Waals surface area contributed by atoms with Gasteiger partial charge in [0, 0.05) is 44.3 Å². The van der Waals surface area contributed by atoms with E-state index in [9.17, 15) is 0 Å². The van der Waals surface area contributed by atoms with E-state index in [0.29, 0.717) is 22.7 Å². The standard InChI is InChI=1S/2C70H54F2N2/c1-43-11-7-15-51(31-43)55-37-56(52-16-8-12-44(2)32-52)40-59(39-55)73(67-27-19-47(5)35-63(67)71)65-29-23-49-22-26-62-66(30-24-50-21-25-61(65)69(49)70(50)62)74(68-28-20-48(6)36-64(68)72)60-41-57(53-17-9-13-45(3)33-53)38-58(42-60)54-18-10-14-46(4)34-54;1-43-11-7-15-51(31-43)55-37-56(52-16-8-12-44(2)32-52)40-59(39-55)73(67-35-47(5)19-27-63(67)71)65-29-23-49-22-26-62-66(30-24-50-21-25-61(65)69(49)70(50)62)74(68-36-48(6)20-28-64(68)72)60-41-57(53-17-9-13-45(3)33-53)38-58(42-60)54-18-10-14-46(4)34-54/h2*7-42H,1-6H3. The van der Waals surface area contributed by atoms with E-state index >= 15 is 17.6 Å². The number of rotatable bonds is 20. The summed E-state index contributed by atoms with van der Waals surface area (Å²) in [6, 6.07) is 151. The highest BCUT2D eigenvalue weighted by atomic mass is 19.1. The fourth-order valence-corrected chi connectivity index (χ4v) is 22.0. The van der Waals surface area contributed by atoms with Crippen molar-refractivity contribution in [2.24, 2.45) is 0 Å². The minimum absolute atomic E-state index is 0.315. The molecule has 0 fully saturated rings. The molecule has 24 aromatic rings. The Morgan fingerprint density at radius 2 is 0.304 bits per heavy atom. The second-order valence-corrected chi connectivity index (χ2v) is 40.4. The first-order valence-corrected chi connectivity index (χ1v) is 50.7. The largest absolute Gasteiger partial charge is 0.307 e. The first-order chi connectivity index (χ1) is 71.8. The van der Waals surface area contributed by atoms with Gasteiger partial charge in [-0.3, -0.25) is 0 Å². The van der Waals surface area contributed by atoms with Crippen molar-refractivity contribution in [2.45, 2.75) is 83.1 Å². The third-order valence-corrected chi connectivity index (χ3v) is 29.1. The Hall–Kier alpha value is -17.7. The quantitative estimate of drug-likeness (QED) is 0.0557. The third-order valence-electron chi connectivity index (χ3n) is 29.1. The maximum atomic E-state index is 17.0. The molecule has 0 aliphatic rings. The van der Waals surface area contributed by atoms with Gasteiger partial charge in [0.05, 0.1) is 45.5 Å². The number of anilines is 12. The average molecular weight is 1920 g/mol. The van der Waals surface area contributed by atoms with Gasteiger partial charge >= 0.3 is 0 Å². The Morgan fingerprint density at radius 1 is 0.128 bits per heavy atom. The molecule has 0 saturated carbocycles. The predicted molar refractivity (Wildman–Crippen MR) is 619 cm³/mol. The summed E-state index contributed by atoms with van der Waals surface area (Å²) in [6.45, 7) is 24.8. The Bertz CT molecular complexity index is 8580. The van der Waals surface area contributed by atoms with Crippen LogP contribution >= 0.6 is 0 Å². The summed E-state index contributed by atoms with van der Waals surface area (Å²) in [6.07, 6.45) is 0. The van der Waals surface area contributed by atoms with Crippen molar-refractivity contribution in [3.8, 4) is 89.0 Å². The fraction of sp³-hybridized carbons (Fsp3) is 0.0857. The zero-order valence-electron chi connectivity index (χ0n) is 84.9. The summed E-state index contributed by atoms with van der Waals surface area (Å²) in [7, 11) is 0. The lowest BCUT2D eigenvalue weighted by molar-refractivity contribution is 0.627. The van der Waals surface area contributed by atoms with Crippen molar-refractivity contribution in [2.75, 3.05) is 19.6 Å². The highest BCUT2D eigenvalue weighted by Gasteiger charge is 2.31. The van der Waals surface area contributed by atoms with Gasteiger partial charge in [-0.25, -0.2) is 17.6 Å². The normalized spacial score (nSPS) is 11.5. The second-order valence-electron chi connectivity index (χ2n) is 40.4. The monoisotopic (exact) mass is 1920 g/mol. The summed E-state index contributed by atoms with van der Waals surface area (Å²) >= 11 is 0. The summed E-state index contributed by atoms with van der Waals surface area (Å²) in [5.41, 5.74) is 38.2. The molecule has 0 radical (unpaired) electrons. The molecule has 0 unspecified atom stereocenters. The van der Waals surface area contributed by atoms with Gasteiger partial charge in [-0.15, -0.1) is 0 Å². The number of halogens is 4. The highest BCUT2D eigenvalue weighted by Crippen LogP contribution is 2.55. The fourth-order valence-electron chi connectivity index (χ4n) is 22.0. The minimum atomic E-state index is -0.324. The molecule has 148 heavy (non-hydrogen) atoms. The van der Waals surface area contributed by atoms with E-state index in [1.165, 1.54) is 0 Å².